The third kappa shape index (κ3) is 4.86. The average Bonchev–Trinajstić information content (AvgIpc) is 3.52. The summed E-state index contributed by atoms with van der Waals surface area (Å²) in [5.74, 6) is 0.688. The van der Waals surface area contributed by atoms with Gasteiger partial charge in [-0.15, -0.1) is 0 Å². The van der Waals surface area contributed by atoms with Crippen LogP contribution in [-0.4, -0.2) is 9.97 Å². The van der Waals surface area contributed by atoms with Crippen LogP contribution in [0.15, 0.2) is 174 Å². The molecule has 0 spiro atoms. The molecule has 9 aromatic rings. The molecule has 0 radical (unpaired) electrons. The summed E-state index contributed by atoms with van der Waals surface area (Å²) in [5.41, 5.74) is 10.9. The molecule has 0 amide bonds. The molecule has 7 aromatic carbocycles. The van der Waals surface area contributed by atoms with E-state index < -0.39 is 0 Å². The first-order valence-electron chi connectivity index (χ1n) is 15.8. The van der Waals surface area contributed by atoms with Gasteiger partial charge in [-0.3, -0.25) is 0 Å². The highest BCUT2D eigenvalue weighted by molar-refractivity contribution is 6.18. The van der Waals surface area contributed by atoms with Gasteiger partial charge in [-0.25, -0.2) is 9.97 Å². The molecule has 220 valence electrons. The van der Waals surface area contributed by atoms with Crippen LogP contribution in [0.5, 0.6) is 0 Å². The van der Waals surface area contributed by atoms with Gasteiger partial charge < -0.3 is 4.42 Å². The van der Waals surface area contributed by atoms with Crippen LogP contribution in [-0.2, 0) is 0 Å². The molecule has 0 aliphatic rings. The summed E-state index contributed by atoms with van der Waals surface area (Å²) in [7, 11) is 0. The second-order valence-corrected chi connectivity index (χ2v) is 11.8. The summed E-state index contributed by atoms with van der Waals surface area (Å²) in [4.78, 5) is 10.2. The molecule has 0 saturated heterocycles. The van der Waals surface area contributed by atoms with E-state index in [4.69, 9.17) is 14.4 Å². The van der Waals surface area contributed by atoms with Crippen LogP contribution in [0.3, 0.4) is 0 Å². The van der Waals surface area contributed by atoms with E-state index in [1.807, 2.05) is 42.5 Å². The van der Waals surface area contributed by atoms with Crippen LogP contribution >= 0.6 is 0 Å². The Hall–Kier alpha value is -6.32. The van der Waals surface area contributed by atoms with Gasteiger partial charge in [0.05, 0.1) is 11.4 Å². The minimum absolute atomic E-state index is 0.688. The quantitative estimate of drug-likeness (QED) is 0.197. The molecule has 0 N–H and O–H groups in total. The van der Waals surface area contributed by atoms with Crippen molar-refractivity contribution in [3.63, 3.8) is 0 Å². The highest BCUT2D eigenvalue weighted by Gasteiger charge is 2.20. The van der Waals surface area contributed by atoms with E-state index in [-0.39, 0.29) is 0 Å². The number of hydrogen-bond donors (Lipinski definition) is 0. The van der Waals surface area contributed by atoms with Gasteiger partial charge in [-0.1, -0.05) is 140 Å². The Morgan fingerprint density at radius 1 is 0.383 bits per heavy atom. The molecule has 0 unspecified atom stereocenters. The first-order valence-corrected chi connectivity index (χ1v) is 15.8. The molecule has 3 heteroatoms. The second-order valence-electron chi connectivity index (χ2n) is 11.8. The molecule has 0 fully saturated rings. The average molecular weight is 601 g/mol. The lowest BCUT2D eigenvalue weighted by Gasteiger charge is -2.12. The standard InChI is InChI=1S/C44H28N2O/c1-4-13-29(14-5-1)32-21-12-22-35(25-32)36-23-24-37(42-38-26-33-19-10-11-20-34(33)27-41(38)47-43(36)42)40-28-39(30-15-6-2-7-16-30)45-44(46-40)31-17-8-3-9-18-31/h1-28H. The maximum Gasteiger partial charge on any atom is 0.160 e. The van der Waals surface area contributed by atoms with Crippen molar-refractivity contribution in [2.24, 2.45) is 0 Å². The minimum atomic E-state index is 0.688. The molecule has 0 atom stereocenters. The number of fused-ring (bicyclic) bond motifs is 4. The van der Waals surface area contributed by atoms with Crippen molar-refractivity contribution >= 4 is 32.7 Å². The largest absolute Gasteiger partial charge is 0.455 e. The lowest BCUT2D eigenvalue weighted by atomic mass is 9.94. The maximum atomic E-state index is 6.84. The Kier molecular flexibility index (Phi) is 6.46. The smallest absolute Gasteiger partial charge is 0.160 e. The van der Waals surface area contributed by atoms with Crippen LogP contribution in [0.25, 0.3) is 88.9 Å². The summed E-state index contributed by atoms with van der Waals surface area (Å²) >= 11 is 0. The highest BCUT2D eigenvalue weighted by Crippen LogP contribution is 2.43. The molecule has 9 rings (SSSR count). The summed E-state index contributed by atoms with van der Waals surface area (Å²) in [6.45, 7) is 0. The third-order valence-corrected chi connectivity index (χ3v) is 8.87. The minimum Gasteiger partial charge on any atom is -0.455 e. The van der Waals surface area contributed by atoms with E-state index in [0.717, 1.165) is 72.1 Å². The molecule has 3 nitrogen and oxygen atoms in total. The molecular weight excluding hydrogens is 572 g/mol. The van der Waals surface area contributed by atoms with Crippen molar-refractivity contribution in [3.8, 4) is 56.2 Å². The molecule has 47 heavy (non-hydrogen) atoms. The normalized spacial score (nSPS) is 11.4. The summed E-state index contributed by atoms with van der Waals surface area (Å²) in [6, 6.07) is 59.0. The fourth-order valence-electron chi connectivity index (χ4n) is 6.56. The number of benzene rings is 7. The summed E-state index contributed by atoms with van der Waals surface area (Å²) in [5, 5.41) is 4.43. The van der Waals surface area contributed by atoms with Gasteiger partial charge in [0.15, 0.2) is 5.82 Å². The van der Waals surface area contributed by atoms with E-state index in [9.17, 15) is 0 Å². The third-order valence-electron chi connectivity index (χ3n) is 8.87. The van der Waals surface area contributed by atoms with Crippen LogP contribution in [0.2, 0.25) is 0 Å². The van der Waals surface area contributed by atoms with E-state index in [1.54, 1.807) is 0 Å². The molecule has 0 saturated carbocycles. The van der Waals surface area contributed by atoms with Gasteiger partial charge in [0, 0.05) is 33.0 Å². The van der Waals surface area contributed by atoms with Gasteiger partial charge in [-0.05, 0) is 57.8 Å². The Bertz CT molecular complexity index is 2500. The van der Waals surface area contributed by atoms with E-state index in [2.05, 4.69) is 127 Å². The predicted molar refractivity (Wildman–Crippen MR) is 194 cm³/mol. The Labute approximate surface area is 272 Å². The van der Waals surface area contributed by atoms with Crippen molar-refractivity contribution in [3.05, 3.63) is 170 Å². The van der Waals surface area contributed by atoms with Crippen molar-refractivity contribution in [1.29, 1.82) is 0 Å². The Morgan fingerprint density at radius 3 is 1.70 bits per heavy atom. The molecule has 0 bridgehead atoms. The van der Waals surface area contributed by atoms with Crippen LogP contribution < -0.4 is 0 Å². The van der Waals surface area contributed by atoms with Crippen LogP contribution in [0.1, 0.15) is 0 Å². The number of furan rings is 1. The zero-order valence-corrected chi connectivity index (χ0v) is 25.5. The monoisotopic (exact) mass is 600 g/mol. The van der Waals surface area contributed by atoms with Crippen LogP contribution in [0.4, 0.5) is 0 Å². The number of nitrogens with zero attached hydrogens (tertiary/aromatic N) is 2. The molecule has 0 aliphatic heterocycles. The maximum absolute atomic E-state index is 6.84. The van der Waals surface area contributed by atoms with Crippen molar-refractivity contribution in [2.75, 3.05) is 0 Å². The molecule has 2 aromatic heterocycles. The van der Waals surface area contributed by atoms with E-state index >= 15 is 0 Å². The van der Waals surface area contributed by atoms with E-state index in [0.29, 0.717) is 5.82 Å². The molecule has 0 aliphatic carbocycles. The topological polar surface area (TPSA) is 38.9 Å². The van der Waals surface area contributed by atoms with Gasteiger partial charge in [0.1, 0.15) is 11.2 Å². The van der Waals surface area contributed by atoms with Gasteiger partial charge >= 0.3 is 0 Å². The number of hydrogen-bond acceptors (Lipinski definition) is 3. The fourth-order valence-corrected chi connectivity index (χ4v) is 6.56. The zero-order valence-electron chi connectivity index (χ0n) is 25.5. The van der Waals surface area contributed by atoms with Crippen molar-refractivity contribution < 1.29 is 4.42 Å². The van der Waals surface area contributed by atoms with E-state index in [1.165, 1.54) is 10.9 Å². The first kappa shape index (κ1) is 27.0. The fraction of sp³-hybridized carbons (Fsp3) is 0. The lowest BCUT2D eigenvalue weighted by Crippen LogP contribution is -1.96. The van der Waals surface area contributed by atoms with Crippen molar-refractivity contribution in [2.45, 2.75) is 0 Å². The van der Waals surface area contributed by atoms with Gasteiger partial charge in [-0.2, -0.15) is 0 Å². The Balaban J connectivity index is 1.33. The summed E-state index contributed by atoms with van der Waals surface area (Å²) in [6.07, 6.45) is 0. The SMILES string of the molecule is c1ccc(-c2cccc(-c3ccc(-c4cc(-c5ccccc5)nc(-c5ccccc5)n4)c4c3oc3cc5ccccc5cc34)c2)cc1. The number of rotatable bonds is 5. The number of aromatic nitrogens is 2. The van der Waals surface area contributed by atoms with Gasteiger partial charge in [0.25, 0.3) is 0 Å². The van der Waals surface area contributed by atoms with Crippen LogP contribution in [0, 0.1) is 0 Å². The molecular formula is C44H28N2O. The highest BCUT2D eigenvalue weighted by atomic mass is 16.3. The van der Waals surface area contributed by atoms with Crippen molar-refractivity contribution in [1.82, 2.24) is 9.97 Å². The zero-order chi connectivity index (χ0) is 31.2. The lowest BCUT2D eigenvalue weighted by molar-refractivity contribution is 0.670. The Morgan fingerprint density at radius 2 is 0.957 bits per heavy atom. The second kappa shape index (κ2) is 11.2. The summed E-state index contributed by atoms with van der Waals surface area (Å²) < 4.78 is 6.84. The molecule has 2 heterocycles. The predicted octanol–water partition coefficient (Wildman–Crippen LogP) is 11.9. The first-order chi connectivity index (χ1) is 23.3. The van der Waals surface area contributed by atoms with Gasteiger partial charge in [0.2, 0.25) is 0 Å².